The Bertz CT molecular complexity index is 720. The van der Waals surface area contributed by atoms with E-state index >= 15 is 0 Å². The molecule has 1 fully saturated rings. The van der Waals surface area contributed by atoms with Crippen LogP contribution in [0.2, 0.25) is 5.02 Å². The van der Waals surface area contributed by atoms with Gasteiger partial charge < -0.3 is 9.64 Å². The average molecular weight is 376 g/mol. The highest BCUT2D eigenvalue weighted by molar-refractivity contribution is 8.00. The first-order valence-corrected chi connectivity index (χ1v) is 9.95. The standard InChI is InChI=1S/C20H22ClNO2S/c1-2-24-16-11-9-15(10-12-16)18-7-5-13-22(18)20(23)14-25-19-8-4-3-6-17(19)21/h3-4,6,8-12,18H,2,5,7,13-14H2,1H3. The zero-order valence-electron chi connectivity index (χ0n) is 14.3. The molecule has 1 unspecified atom stereocenters. The van der Waals surface area contributed by atoms with E-state index in [1.54, 1.807) is 0 Å². The van der Waals surface area contributed by atoms with Crippen molar-refractivity contribution in [1.29, 1.82) is 0 Å². The van der Waals surface area contributed by atoms with Gasteiger partial charge in [0.05, 0.1) is 23.4 Å². The fourth-order valence-corrected chi connectivity index (χ4v) is 4.27. The van der Waals surface area contributed by atoms with Crippen molar-refractivity contribution in [2.24, 2.45) is 0 Å². The maximum absolute atomic E-state index is 12.7. The smallest absolute Gasteiger partial charge is 0.233 e. The summed E-state index contributed by atoms with van der Waals surface area (Å²) in [5, 5.41) is 0.699. The average Bonchev–Trinajstić information content (AvgIpc) is 3.11. The van der Waals surface area contributed by atoms with E-state index in [1.807, 2.05) is 48.2 Å². The van der Waals surface area contributed by atoms with Crippen LogP contribution in [0.4, 0.5) is 0 Å². The molecule has 1 heterocycles. The predicted molar refractivity (Wildman–Crippen MR) is 103 cm³/mol. The van der Waals surface area contributed by atoms with E-state index in [9.17, 15) is 4.79 Å². The summed E-state index contributed by atoms with van der Waals surface area (Å²) >= 11 is 7.68. The third kappa shape index (κ3) is 4.50. The van der Waals surface area contributed by atoms with E-state index in [4.69, 9.17) is 16.3 Å². The normalized spacial score (nSPS) is 16.9. The third-order valence-electron chi connectivity index (χ3n) is 4.34. The first-order valence-electron chi connectivity index (χ1n) is 8.58. The number of halogens is 1. The molecule has 5 heteroatoms. The number of carbonyl (C=O) groups is 1. The van der Waals surface area contributed by atoms with Crippen LogP contribution in [-0.4, -0.2) is 29.7 Å². The number of amides is 1. The van der Waals surface area contributed by atoms with Gasteiger partial charge in [-0.2, -0.15) is 0 Å². The zero-order chi connectivity index (χ0) is 17.6. The summed E-state index contributed by atoms with van der Waals surface area (Å²) in [5.41, 5.74) is 1.18. The minimum absolute atomic E-state index is 0.162. The van der Waals surface area contributed by atoms with Crippen LogP contribution in [0.5, 0.6) is 5.75 Å². The highest BCUT2D eigenvalue weighted by atomic mass is 35.5. The molecule has 2 aromatic rings. The van der Waals surface area contributed by atoms with Gasteiger partial charge in [0.15, 0.2) is 0 Å². The van der Waals surface area contributed by atoms with Crippen molar-refractivity contribution in [2.45, 2.75) is 30.7 Å². The lowest BCUT2D eigenvalue weighted by Gasteiger charge is -2.25. The molecule has 0 saturated carbocycles. The van der Waals surface area contributed by atoms with Crippen LogP contribution in [0.1, 0.15) is 31.4 Å². The number of ether oxygens (including phenoxy) is 1. The summed E-state index contributed by atoms with van der Waals surface area (Å²) in [6.07, 6.45) is 2.05. The van der Waals surface area contributed by atoms with Gasteiger partial charge in [0, 0.05) is 11.4 Å². The first kappa shape index (κ1) is 18.2. The van der Waals surface area contributed by atoms with Crippen LogP contribution in [0.25, 0.3) is 0 Å². The van der Waals surface area contributed by atoms with Crippen molar-refractivity contribution in [3.63, 3.8) is 0 Å². The summed E-state index contributed by atoms with van der Waals surface area (Å²) in [7, 11) is 0. The molecule has 0 bridgehead atoms. The molecule has 1 atom stereocenters. The number of benzene rings is 2. The Balaban J connectivity index is 1.64. The fraction of sp³-hybridized carbons (Fsp3) is 0.350. The number of nitrogens with zero attached hydrogens (tertiary/aromatic N) is 1. The molecule has 1 amide bonds. The van der Waals surface area contributed by atoms with Crippen molar-refractivity contribution >= 4 is 29.3 Å². The molecule has 0 N–H and O–H groups in total. The van der Waals surface area contributed by atoms with Crippen molar-refractivity contribution in [2.75, 3.05) is 18.9 Å². The summed E-state index contributed by atoms with van der Waals surface area (Å²) in [4.78, 5) is 15.7. The largest absolute Gasteiger partial charge is 0.494 e. The second kappa shape index (κ2) is 8.63. The lowest BCUT2D eigenvalue weighted by atomic mass is 10.0. The monoisotopic (exact) mass is 375 g/mol. The van der Waals surface area contributed by atoms with Crippen LogP contribution in [0.3, 0.4) is 0 Å². The molecule has 1 saturated heterocycles. The van der Waals surface area contributed by atoms with E-state index in [0.717, 1.165) is 30.0 Å². The fourth-order valence-electron chi connectivity index (χ4n) is 3.15. The minimum Gasteiger partial charge on any atom is -0.494 e. The molecule has 0 aliphatic carbocycles. The molecule has 25 heavy (non-hydrogen) atoms. The van der Waals surface area contributed by atoms with Crippen molar-refractivity contribution < 1.29 is 9.53 Å². The highest BCUT2D eigenvalue weighted by Crippen LogP contribution is 2.34. The number of hydrogen-bond donors (Lipinski definition) is 0. The molecule has 3 nitrogen and oxygen atoms in total. The van der Waals surface area contributed by atoms with Gasteiger partial charge in [0.1, 0.15) is 5.75 Å². The third-order valence-corrected chi connectivity index (χ3v) is 5.84. The van der Waals surface area contributed by atoms with Gasteiger partial charge in [-0.1, -0.05) is 35.9 Å². The molecule has 1 aliphatic rings. The second-order valence-corrected chi connectivity index (χ2v) is 7.39. The first-order chi connectivity index (χ1) is 12.2. The maximum Gasteiger partial charge on any atom is 0.233 e. The molecular weight excluding hydrogens is 354 g/mol. The number of thioether (sulfide) groups is 1. The Kier molecular flexibility index (Phi) is 6.27. The summed E-state index contributed by atoms with van der Waals surface area (Å²) in [5.74, 6) is 1.45. The van der Waals surface area contributed by atoms with E-state index in [-0.39, 0.29) is 11.9 Å². The molecule has 2 aromatic carbocycles. The van der Waals surface area contributed by atoms with Crippen LogP contribution in [-0.2, 0) is 4.79 Å². The van der Waals surface area contributed by atoms with E-state index in [2.05, 4.69) is 12.1 Å². The van der Waals surface area contributed by atoms with Gasteiger partial charge in [0.2, 0.25) is 5.91 Å². The molecule has 1 aliphatic heterocycles. The number of likely N-dealkylation sites (tertiary alicyclic amines) is 1. The minimum atomic E-state index is 0.162. The molecule has 3 rings (SSSR count). The van der Waals surface area contributed by atoms with Gasteiger partial charge in [0.25, 0.3) is 0 Å². The van der Waals surface area contributed by atoms with Crippen LogP contribution in [0, 0.1) is 0 Å². The number of hydrogen-bond acceptors (Lipinski definition) is 3. The number of rotatable bonds is 6. The summed E-state index contributed by atoms with van der Waals surface area (Å²) < 4.78 is 5.50. The van der Waals surface area contributed by atoms with Gasteiger partial charge in [-0.05, 0) is 49.6 Å². The van der Waals surface area contributed by atoms with Crippen LogP contribution in [0.15, 0.2) is 53.4 Å². The second-order valence-electron chi connectivity index (χ2n) is 5.97. The molecule has 132 valence electrons. The lowest BCUT2D eigenvalue weighted by molar-refractivity contribution is -0.129. The van der Waals surface area contributed by atoms with Crippen molar-refractivity contribution in [3.05, 3.63) is 59.1 Å². The van der Waals surface area contributed by atoms with Crippen molar-refractivity contribution in [3.8, 4) is 5.75 Å². The Morgan fingerprint density at radius 2 is 2.00 bits per heavy atom. The Hall–Kier alpha value is -1.65. The van der Waals surface area contributed by atoms with Gasteiger partial charge in [-0.15, -0.1) is 11.8 Å². The summed E-state index contributed by atoms with van der Waals surface area (Å²) in [6.45, 7) is 3.45. The van der Waals surface area contributed by atoms with E-state index < -0.39 is 0 Å². The zero-order valence-corrected chi connectivity index (χ0v) is 15.9. The molecule has 0 spiro atoms. The topological polar surface area (TPSA) is 29.5 Å². The van der Waals surface area contributed by atoms with E-state index in [1.165, 1.54) is 17.3 Å². The van der Waals surface area contributed by atoms with Crippen molar-refractivity contribution in [1.82, 2.24) is 4.90 Å². The Labute approximate surface area is 158 Å². The van der Waals surface area contributed by atoms with Gasteiger partial charge >= 0.3 is 0 Å². The van der Waals surface area contributed by atoms with E-state index in [0.29, 0.717) is 17.4 Å². The van der Waals surface area contributed by atoms with Crippen LogP contribution >= 0.6 is 23.4 Å². The van der Waals surface area contributed by atoms with Gasteiger partial charge in [-0.25, -0.2) is 0 Å². The highest BCUT2D eigenvalue weighted by Gasteiger charge is 2.29. The Morgan fingerprint density at radius 1 is 1.24 bits per heavy atom. The van der Waals surface area contributed by atoms with Gasteiger partial charge in [-0.3, -0.25) is 4.79 Å². The lowest BCUT2D eigenvalue weighted by Crippen LogP contribution is -2.31. The summed E-state index contributed by atoms with van der Waals surface area (Å²) in [6, 6.07) is 15.9. The maximum atomic E-state index is 12.7. The Morgan fingerprint density at radius 3 is 2.72 bits per heavy atom. The number of carbonyl (C=O) groups excluding carboxylic acids is 1. The molecule has 0 aromatic heterocycles. The quantitative estimate of drug-likeness (QED) is 0.650. The van der Waals surface area contributed by atoms with Crippen LogP contribution < -0.4 is 4.74 Å². The molecular formula is C20H22ClNO2S. The SMILES string of the molecule is CCOc1ccc(C2CCCN2C(=O)CSc2ccccc2Cl)cc1. The molecule has 0 radical (unpaired) electrons. The predicted octanol–water partition coefficient (Wildman–Crippen LogP) is 5.19.